The highest BCUT2D eigenvalue weighted by Crippen LogP contribution is 2.17. The van der Waals surface area contributed by atoms with Gasteiger partial charge in [0.1, 0.15) is 12.4 Å². The third-order valence-electron chi connectivity index (χ3n) is 3.27. The minimum Gasteiger partial charge on any atom is -0.494 e. The van der Waals surface area contributed by atoms with Gasteiger partial charge in [-0.3, -0.25) is 0 Å². The van der Waals surface area contributed by atoms with Gasteiger partial charge in [0, 0.05) is 5.56 Å². The molecule has 1 N–H and O–H groups in total. The summed E-state index contributed by atoms with van der Waals surface area (Å²) < 4.78 is 5.76. The van der Waals surface area contributed by atoms with Crippen molar-refractivity contribution in [3.05, 3.63) is 29.3 Å². The minimum absolute atomic E-state index is 0.101. The van der Waals surface area contributed by atoms with Crippen molar-refractivity contribution < 1.29 is 9.84 Å². The lowest BCUT2D eigenvalue weighted by Crippen LogP contribution is -1.98. The Bertz CT molecular complexity index is 440. The maximum absolute atomic E-state index is 8.70. The van der Waals surface area contributed by atoms with Crippen LogP contribution in [0.15, 0.2) is 18.2 Å². The van der Waals surface area contributed by atoms with Gasteiger partial charge < -0.3 is 9.84 Å². The van der Waals surface area contributed by atoms with E-state index in [0.29, 0.717) is 0 Å². The maximum Gasteiger partial charge on any atom is 0.119 e. The summed E-state index contributed by atoms with van der Waals surface area (Å²) in [4.78, 5) is 0. The van der Waals surface area contributed by atoms with Gasteiger partial charge in [0.25, 0.3) is 0 Å². The predicted octanol–water partition coefficient (Wildman–Crippen LogP) is 4.08. The van der Waals surface area contributed by atoms with Crippen LogP contribution in [-0.2, 0) is 0 Å². The summed E-state index contributed by atoms with van der Waals surface area (Å²) in [6.45, 7) is 4.93. The first-order chi connectivity index (χ1) is 9.77. The number of hydrogen-bond acceptors (Lipinski definition) is 2. The van der Waals surface area contributed by atoms with Crippen molar-refractivity contribution in [2.75, 3.05) is 13.2 Å². The number of aliphatic hydroxyl groups excluding tert-OH is 1. The number of rotatable bonds is 8. The SMILES string of the molecule is CCCCCCCCOc1ccc(C#CCO)c(C)c1. The number of aryl methyl sites for hydroxylation is 1. The maximum atomic E-state index is 8.70. The minimum atomic E-state index is -0.101. The molecule has 0 fully saturated rings. The Hall–Kier alpha value is -1.46. The second-order valence-electron chi connectivity index (χ2n) is 5.05. The molecule has 2 heteroatoms. The molecule has 0 heterocycles. The van der Waals surface area contributed by atoms with Gasteiger partial charge in [-0.1, -0.05) is 50.9 Å². The predicted molar refractivity (Wildman–Crippen MR) is 84.0 cm³/mol. The molecule has 2 nitrogen and oxygen atoms in total. The molecule has 1 aromatic rings. The summed E-state index contributed by atoms with van der Waals surface area (Å²) in [6.07, 6.45) is 7.66. The van der Waals surface area contributed by atoms with Crippen LogP contribution in [-0.4, -0.2) is 18.3 Å². The standard InChI is InChI=1S/C18H26O2/c1-3-4-5-6-7-8-14-20-18-12-11-17(10-9-13-19)16(2)15-18/h11-12,15,19H,3-8,13-14H2,1-2H3. The Morgan fingerprint density at radius 2 is 1.85 bits per heavy atom. The van der Waals surface area contributed by atoms with Gasteiger partial charge in [-0.25, -0.2) is 0 Å². The fraction of sp³-hybridized carbons (Fsp3) is 0.556. The number of unbranched alkanes of at least 4 members (excludes halogenated alkanes) is 5. The fourth-order valence-corrected chi connectivity index (χ4v) is 2.07. The van der Waals surface area contributed by atoms with Crippen molar-refractivity contribution in [2.24, 2.45) is 0 Å². The van der Waals surface area contributed by atoms with Crippen LogP contribution < -0.4 is 4.74 Å². The van der Waals surface area contributed by atoms with Gasteiger partial charge in [0.2, 0.25) is 0 Å². The van der Waals surface area contributed by atoms with E-state index in [1.165, 1.54) is 32.1 Å². The Morgan fingerprint density at radius 1 is 1.10 bits per heavy atom. The van der Waals surface area contributed by atoms with Crippen LogP contribution in [0.5, 0.6) is 5.75 Å². The van der Waals surface area contributed by atoms with Crippen molar-refractivity contribution >= 4 is 0 Å². The molecule has 1 rings (SSSR count). The van der Waals surface area contributed by atoms with Gasteiger partial charge in [0.05, 0.1) is 6.61 Å². The topological polar surface area (TPSA) is 29.5 Å². The third-order valence-corrected chi connectivity index (χ3v) is 3.27. The Labute approximate surface area is 123 Å². The quantitative estimate of drug-likeness (QED) is 0.572. The molecule has 0 aliphatic rings. The molecule has 0 aliphatic carbocycles. The van der Waals surface area contributed by atoms with Crippen molar-refractivity contribution in [2.45, 2.75) is 52.4 Å². The van der Waals surface area contributed by atoms with Crippen molar-refractivity contribution in [3.8, 4) is 17.6 Å². The fourth-order valence-electron chi connectivity index (χ4n) is 2.07. The largest absolute Gasteiger partial charge is 0.494 e. The highest BCUT2D eigenvalue weighted by atomic mass is 16.5. The van der Waals surface area contributed by atoms with E-state index in [1.807, 2.05) is 25.1 Å². The van der Waals surface area contributed by atoms with Crippen LogP contribution in [0.4, 0.5) is 0 Å². The Balaban J connectivity index is 2.29. The monoisotopic (exact) mass is 274 g/mol. The van der Waals surface area contributed by atoms with E-state index in [4.69, 9.17) is 9.84 Å². The van der Waals surface area contributed by atoms with Gasteiger partial charge >= 0.3 is 0 Å². The van der Waals surface area contributed by atoms with Gasteiger partial charge in [0.15, 0.2) is 0 Å². The van der Waals surface area contributed by atoms with Crippen LogP contribution in [0.1, 0.15) is 56.6 Å². The van der Waals surface area contributed by atoms with E-state index < -0.39 is 0 Å². The highest BCUT2D eigenvalue weighted by Gasteiger charge is 1.99. The average molecular weight is 274 g/mol. The Kier molecular flexibility index (Phi) is 8.58. The summed E-state index contributed by atoms with van der Waals surface area (Å²) in [7, 11) is 0. The smallest absolute Gasteiger partial charge is 0.119 e. The van der Waals surface area contributed by atoms with E-state index in [-0.39, 0.29) is 6.61 Å². The molecule has 110 valence electrons. The first-order valence-corrected chi connectivity index (χ1v) is 7.61. The molecule has 0 bridgehead atoms. The first kappa shape index (κ1) is 16.6. The molecule has 0 radical (unpaired) electrons. The van der Waals surface area contributed by atoms with E-state index >= 15 is 0 Å². The average Bonchev–Trinajstić information content (AvgIpc) is 2.45. The van der Waals surface area contributed by atoms with Crippen molar-refractivity contribution in [1.29, 1.82) is 0 Å². The second kappa shape index (κ2) is 10.3. The van der Waals surface area contributed by atoms with Crippen LogP contribution in [0.3, 0.4) is 0 Å². The highest BCUT2D eigenvalue weighted by molar-refractivity contribution is 5.44. The van der Waals surface area contributed by atoms with Crippen LogP contribution in [0.25, 0.3) is 0 Å². The number of aliphatic hydroxyl groups is 1. The lowest BCUT2D eigenvalue weighted by Gasteiger charge is -2.08. The molecule has 0 atom stereocenters. The van der Waals surface area contributed by atoms with E-state index in [2.05, 4.69) is 18.8 Å². The zero-order chi connectivity index (χ0) is 14.6. The lowest BCUT2D eigenvalue weighted by atomic mass is 10.1. The van der Waals surface area contributed by atoms with Gasteiger partial charge in [-0.05, 0) is 37.1 Å². The molecule has 20 heavy (non-hydrogen) atoms. The normalized spacial score (nSPS) is 9.95. The van der Waals surface area contributed by atoms with Crippen LogP contribution in [0.2, 0.25) is 0 Å². The Morgan fingerprint density at radius 3 is 2.55 bits per heavy atom. The molecule has 0 unspecified atom stereocenters. The molecular weight excluding hydrogens is 248 g/mol. The zero-order valence-corrected chi connectivity index (χ0v) is 12.7. The molecule has 0 saturated carbocycles. The van der Waals surface area contributed by atoms with Crippen LogP contribution >= 0.6 is 0 Å². The van der Waals surface area contributed by atoms with Crippen molar-refractivity contribution in [3.63, 3.8) is 0 Å². The summed E-state index contributed by atoms with van der Waals surface area (Å²) in [5, 5.41) is 8.70. The molecule has 0 amide bonds. The van der Waals surface area contributed by atoms with E-state index in [1.54, 1.807) is 0 Å². The summed E-state index contributed by atoms with van der Waals surface area (Å²) in [6, 6.07) is 5.92. The van der Waals surface area contributed by atoms with Gasteiger partial charge in [-0.15, -0.1) is 0 Å². The van der Waals surface area contributed by atoms with Gasteiger partial charge in [-0.2, -0.15) is 0 Å². The molecule has 0 spiro atoms. The summed E-state index contributed by atoms with van der Waals surface area (Å²) >= 11 is 0. The molecule has 1 aromatic carbocycles. The lowest BCUT2D eigenvalue weighted by molar-refractivity contribution is 0.304. The third kappa shape index (κ3) is 6.63. The molecular formula is C18H26O2. The molecule has 0 saturated heterocycles. The zero-order valence-electron chi connectivity index (χ0n) is 12.7. The number of ether oxygens (including phenoxy) is 1. The second-order valence-corrected chi connectivity index (χ2v) is 5.05. The number of benzene rings is 1. The molecule has 0 aliphatic heterocycles. The van der Waals surface area contributed by atoms with Crippen molar-refractivity contribution in [1.82, 2.24) is 0 Å². The molecule has 0 aromatic heterocycles. The summed E-state index contributed by atoms with van der Waals surface area (Å²) in [5.74, 6) is 6.50. The van der Waals surface area contributed by atoms with Crippen LogP contribution in [0, 0.1) is 18.8 Å². The van der Waals surface area contributed by atoms with E-state index in [0.717, 1.165) is 29.9 Å². The number of hydrogen-bond donors (Lipinski definition) is 1. The van der Waals surface area contributed by atoms with E-state index in [9.17, 15) is 0 Å². The summed E-state index contributed by atoms with van der Waals surface area (Å²) in [5.41, 5.74) is 2.04. The first-order valence-electron chi connectivity index (χ1n) is 7.61.